The number of ether oxygens (including phenoxy) is 7. The molecule has 0 aliphatic carbocycles. The van der Waals surface area contributed by atoms with E-state index in [4.69, 9.17) is 33.2 Å². The number of methoxy groups -OCH3 is 1. The number of rotatable bonds is 8. The number of fused-ring (bicyclic) bond motifs is 4. The molecule has 2 fully saturated rings. The molecule has 44 heavy (non-hydrogen) atoms. The molecule has 0 saturated carbocycles. The van der Waals surface area contributed by atoms with Crippen LogP contribution in [0, 0.1) is 0 Å². The van der Waals surface area contributed by atoms with Gasteiger partial charge in [0.1, 0.15) is 37.6 Å². The highest BCUT2D eigenvalue weighted by atomic mass is 16.7. The summed E-state index contributed by atoms with van der Waals surface area (Å²) in [5, 5.41) is 11.6. The molecular formula is C35H32O9. The number of esters is 1. The summed E-state index contributed by atoms with van der Waals surface area (Å²) in [6, 6.07) is 30.4. The highest BCUT2D eigenvalue weighted by Gasteiger charge is 2.55. The third-order valence-corrected chi connectivity index (χ3v) is 8.08. The largest absolute Gasteiger partial charge is 0.490 e. The van der Waals surface area contributed by atoms with Gasteiger partial charge < -0.3 is 38.3 Å². The summed E-state index contributed by atoms with van der Waals surface area (Å²) in [6.45, 7) is 0.604. The highest BCUT2D eigenvalue weighted by molar-refractivity contribution is 5.95. The van der Waals surface area contributed by atoms with Gasteiger partial charge in [0, 0.05) is 11.1 Å². The van der Waals surface area contributed by atoms with Gasteiger partial charge >= 0.3 is 5.97 Å². The average molecular weight is 597 g/mol. The van der Waals surface area contributed by atoms with Gasteiger partial charge in [-0.2, -0.15) is 0 Å². The number of benzene rings is 4. The lowest BCUT2D eigenvalue weighted by molar-refractivity contribution is -0.330. The molecule has 226 valence electrons. The van der Waals surface area contributed by atoms with Crippen molar-refractivity contribution in [3.05, 3.63) is 125 Å². The van der Waals surface area contributed by atoms with Gasteiger partial charge in [0.15, 0.2) is 23.9 Å². The second-order valence-corrected chi connectivity index (χ2v) is 10.9. The normalized spacial score (nSPS) is 25.5. The zero-order chi connectivity index (χ0) is 30.0. The maximum atomic E-state index is 13.6. The summed E-state index contributed by atoms with van der Waals surface area (Å²) in [4.78, 5) is 13.6. The lowest BCUT2D eigenvalue weighted by Crippen LogP contribution is -2.61. The summed E-state index contributed by atoms with van der Waals surface area (Å²) in [7, 11) is 1.52. The van der Waals surface area contributed by atoms with Gasteiger partial charge in [-0.25, -0.2) is 4.79 Å². The quantitative estimate of drug-likeness (QED) is 0.271. The fraction of sp³-hybridized carbons (Fsp3) is 0.286. The van der Waals surface area contributed by atoms with Crippen molar-refractivity contribution in [2.75, 3.05) is 13.7 Å². The topological polar surface area (TPSA) is 102 Å². The Morgan fingerprint density at radius 1 is 0.795 bits per heavy atom. The van der Waals surface area contributed by atoms with Crippen molar-refractivity contribution in [1.29, 1.82) is 0 Å². The van der Waals surface area contributed by atoms with Crippen LogP contribution in [-0.2, 0) is 32.2 Å². The molecule has 0 bridgehead atoms. The van der Waals surface area contributed by atoms with Crippen LogP contribution in [0.25, 0.3) is 0 Å². The minimum absolute atomic E-state index is 0.170. The van der Waals surface area contributed by atoms with E-state index in [1.165, 1.54) is 7.11 Å². The second-order valence-electron chi connectivity index (χ2n) is 10.9. The molecule has 2 saturated heterocycles. The van der Waals surface area contributed by atoms with E-state index in [2.05, 4.69) is 0 Å². The molecule has 0 radical (unpaired) electrons. The van der Waals surface area contributed by atoms with Crippen LogP contribution in [0.3, 0.4) is 0 Å². The molecule has 3 aliphatic heterocycles. The molecule has 7 rings (SSSR count). The number of hydrogen-bond acceptors (Lipinski definition) is 9. The Morgan fingerprint density at radius 2 is 1.43 bits per heavy atom. The van der Waals surface area contributed by atoms with E-state index in [-0.39, 0.29) is 31.1 Å². The first-order chi connectivity index (χ1) is 21.6. The summed E-state index contributed by atoms with van der Waals surface area (Å²) in [5.74, 6) is 0.280. The molecule has 0 amide bonds. The number of aliphatic hydroxyl groups is 1. The number of carbonyl (C=O) groups excluding carboxylic acids is 1. The molecule has 6 atom stereocenters. The van der Waals surface area contributed by atoms with E-state index < -0.39 is 42.8 Å². The van der Waals surface area contributed by atoms with Gasteiger partial charge in [0.2, 0.25) is 5.75 Å². The van der Waals surface area contributed by atoms with Gasteiger partial charge in [0.25, 0.3) is 0 Å². The van der Waals surface area contributed by atoms with E-state index in [1.807, 2.05) is 91.0 Å². The van der Waals surface area contributed by atoms with Gasteiger partial charge in [-0.15, -0.1) is 0 Å². The Kier molecular flexibility index (Phi) is 7.93. The van der Waals surface area contributed by atoms with Crippen LogP contribution in [0.4, 0.5) is 0 Å². The minimum Gasteiger partial charge on any atom is -0.490 e. The van der Waals surface area contributed by atoms with Crippen LogP contribution < -0.4 is 14.2 Å². The van der Waals surface area contributed by atoms with Gasteiger partial charge in [-0.1, -0.05) is 91.0 Å². The molecule has 0 spiro atoms. The Balaban J connectivity index is 1.25. The second kappa shape index (κ2) is 12.3. The van der Waals surface area contributed by atoms with Gasteiger partial charge in [-0.3, -0.25) is 0 Å². The Morgan fingerprint density at radius 3 is 2.09 bits per heavy atom. The van der Waals surface area contributed by atoms with Crippen LogP contribution >= 0.6 is 0 Å². The molecule has 1 N–H and O–H groups in total. The summed E-state index contributed by atoms with van der Waals surface area (Å²) < 4.78 is 43.0. The first-order valence-corrected chi connectivity index (χ1v) is 14.6. The smallest absolute Gasteiger partial charge is 0.339 e. The Hall–Kier alpha value is -4.41. The van der Waals surface area contributed by atoms with Crippen LogP contribution in [0.1, 0.15) is 45.0 Å². The molecule has 3 aliphatic rings. The fourth-order valence-corrected chi connectivity index (χ4v) is 5.92. The monoisotopic (exact) mass is 596 g/mol. The molecule has 0 unspecified atom stereocenters. The fourth-order valence-electron chi connectivity index (χ4n) is 5.92. The van der Waals surface area contributed by atoms with Crippen LogP contribution in [0.15, 0.2) is 97.1 Å². The van der Waals surface area contributed by atoms with Gasteiger partial charge in [0.05, 0.1) is 19.3 Å². The number of hydrogen-bond donors (Lipinski definition) is 1. The van der Waals surface area contributed by atoms with Crippen molar-refractivity contribution < 1.29 is 43.1 Å². The van der Waals surface area contributed by atoms with Crippen molar-refractivity contribution in [3.8, 4) is 17.2 Å². The van der Waals surface area contributed by atoms with Crippen molar-refractivity contribution in [3.63, 3.8) is 0 Å². The maximum absolute atomic E-state index is 13.6. The third kappa shape index (κ3) is 5.39. The molecule has 3 heterocycles. The van der Waals surface area contributed by atoms with Crippen LogP contribution in [0.2, 0.25) is 0 Å². The van der Waals surface area contributed by atoms with E-state index in [1.54, 1.807) is 6.07 Å². The maximum Gasteiger partial charge on any atom is 0.339 e. The Bertz CT molecular complexity index is 1600. The average Bonchev–Trinajstić information content (AvgIpc) is 3.08. The molecule has 9 heteroatoms. The van der Waals surface area contributed by atoms with E-state index in [9.17, 15) is 9.90 Å². The van der Waals surface area contributed by atoms with Crippen molar-refractivity contribution in [2.24, 2.45) is 0 Å². The van der Waals surface area contributed by atoms with Crippen LogP contribution in [0.5, 0.6) is 17.2 Å². The molecule has 4 aromatic carbocycles. The minimum atomic E-state index is -1.19. The zero-order valence-corrected chi connectivity index (χ0v) is 24.0. The number of aliphatic hydroxyl groups excluding tert-OH is 1. The van der Waals surface area contributed by atoms with Crippen molar-refractivity contribution in [1.82, 2.24) is 0 Å². The summed E-state index contributed by atoms with van der Waals surface area (Å²) in [5.41, 5.74) is 3.31. The summed E-state index contributed by atoms with van der Waals surface area (Å²) >= 11 is 0. The lowest BCUT2D eigenvalue weighted by Gasteiger charge is -2.49. The SMILES string of the molecule is COc1c(OCc2ccccc2)cc2c(c1OCc1ccccc1)[C@@H]1O[C@@H]3CO[C@@H](c4ccccc4)O[C@H]3[C@H](O)[C@H]1OC2=O. The highest BCUT2D eigenvalue weighted by Crippen LogP contribution is 2.52. The molecule has 0 aromatic heterocycles. The molecular weight excluding hydrogens is 564 g/mol. The molecule has 4 aromatic rings. The first-order valence-electron chi connectivity index (χ1n) is 14.6. The van der Waals surface area contributed by atoms with Crippen molar-refractivity contribution >= 4 is 5.97 Å². The van der Waals surface area contributed by atoms with Crippen LogP contribution in [-0.4, -0.2) is 49.2 Å². The lowest BCUT2D eigenvalue weighted by atomic mass is 9.85. The zero-order valence-electron chi connectivity index (χ0n) is 24.0. The van der Waals surface area contributed by atoms with E-state index >= 15 is 0 Å². The first kappa shape index (κ1) is 28.4. The van der Waals surface area contributed by atoms with E-state index in [0.29, 0.717) is 17.1 Å². The van der Waals surface area contributed by atoms with Gasteiger partial charge in [-0.05, 0) is 17.2 Å². The molecule has 9 nitrogen and oxygen atoms in total. The Labute approximate surface area is 254 Å². The predicted molar refractivity (Wildman–Crippen MR) is 157 cm³/mol. The standard InChI is InChI=1S/C35H32O9/c1-38-30-25(39-18-21-11-5-2-6-12-21)17-24-27(31(30)40-19-22-13-7-3-8-14-22)32-33(43-34(24)37)28(36)29-26(42-32)20-41-35(44-29)23-15-9-4-10-16-23/h2-17,26,28-29,32-33,35-36H,18-20H2,1H3/t26-,28+,29-,32+,33-,35-/m1/s1. The summed E-state index contributed by atoms with van der Waals surface area (Å²) in [6.07, 6.45) is -5.21. The van der Waals surface area contributed by atoms with Crippen molar-refractivity contribution in [2.45, 2.75) is 50.0 Å². The van der Waals surface area contributed by atoms with E-state index in [0.717, 1.165) is 16.7 Å². The third-order valence-electron chi connectivity index (χ3n) is 8.08. The predicted octanol–water partition coefficient (Wildman–Crippen LogP) is 5.31. The number of carbonyl (C=O) groups is 1.